The number of rotatable bonds is 3. The molecule has 1 nitrogen and oxygen atoms in total. The molecule has 15 heavy (non-hydrogen) atoms. The molecule has 2 saturated carbocycles. The smallest absolute Gasteiger partial charge is 0.00954 e. The Hall–Kier alpha value is -0.0400. The second-order valence-electron chi connectivity index (χ2n) is 5.93. The van der Waals surface area contributed by atoms with Gasteiger partial charge in [-0.2, -0.15) is 0 Å². The molecule has 3 unspecified atom stereocenters. The van der Waals surface area contributed by atoms with E-state index < -0.39 is 0 Å². The fraction of sp³-hybridized carbons (Fsp3) is 1.00. The Balaban J connectivity index is 1.68. The van der Waals surface area contributed by atoms with E-state index >= 15 is 0 Å². The molecule has 0 amide bonds. The summed E-state index contributed by atoms with van der Waals surface area (Å²) in [5, 5.41) is 3.83. The van der Waals surface area contributed by atoms with Gasteiger partial charge in [-0.05, 0) is 50.0 Å². The van der Waals surface area contributed by atoms with Gasteiger partial charge in [-0.25, -0.2) is 0 Å². The Morgan fingerprint density at radius 2 is 1.67 bits per heavy atom. The fourth-order valence-electron chi connectivity index (χ4n) is 3.36. The molecular formula is C14H27N. The molecule has 0 saturated heterocycles. The first-order valence-corrected chi connectivity index (χ1v) is 7.00. The van der Waals surface area contributed by atoms with Crippen molar-refractivity contribution >= 4 is 0 Å². The van der Waals surface area contributed by atoms with Gasteiger partial charge in [-0.3, -0.25) is 0 Å². The molecule has 0 spiro atoms. The van der Waals surface area contributed by atoms with E-state index in [1.165, 1.54) is 51.5 Å². The average molecular weight is 209 g/mol. The van der Waals surface area contributed by atoms with Gasteiger partial charge in [0.05, 0.1) is 0 Å². The minimum Gasteiger partial charge on any atom is -0.313 e. The highest BCUT2D eigenvalue weighted by Crippen LogP contribution is 2.31. The van der Waals surface area contributed by atoms with Crippen molar-refractivity contribution < 1.29 is 0 Å². The van der Waals surface area contributed by atoms with E-state index in [0.717, 1.165) is 23.8 Å². The summed E-state index contributed by atoms with van der Waals surface area (Å²) < 4.78 is 0. The molecule has 0 bridgehead atoms. The topological polar surface area (TPSA) is 12.0 Å². The maximum atomic E-state index is 3.83. The van der Waals surface area contributed by atoms with E-state index in [2.05, 4.69) is 19.2 Å². The molecule has 0 heterocycles. The van der Waals surface area contributed by atoms with Crippen molar-refractivity contribution in [2.75, 3.05) is 6.54 Å². The largest absolute Gasteiger partial charge is 0.313 e. The normalized spacial score (nSPS) is 38.4. The summed E-state index contributed by atoms with van der Waals surface area (Å²) in [6, 6.07) is 0.821. The average Bonchev–Trinajstić information content (AvgIpc) is 2.59. The molecular weight excluding hydrogens is 182 g/mol. The van der Waals surface area contributed by atoms with Crippen molar-refractivity contribution in [2.24, 2.45) is 17.8 Å². The van der Waals surface area contributed by atoms with Crippen molar-refractivity contribution in [1.82, 2.24) is 5.32 Å². The quantitative estimate of drug-likeness (QED) is 0.749. The van der Waals surface area contributed by atoms with Crippen molar-refractivity contribution in [1.29, 1.82) is 0 Å². The molecule has 0 radical (unpaired) electrons. The number of hydrogen-bond acceptors (Lipinski definition) is 1. The van der Waals surface area contributed by atoms with Gasteiger partial charge in [0.25, 0.3) is 0 Å². The molecule has 0 aromatic rings. The van der Waals surface area contributed by atoms with Crippen LogP contribution < -0.4 is 5.32 Å². The minimum absolute atomic E-state index is 0.821. The number of hydrogen-bond donors (Lipinski definition) is 1. The lowest BCUT2D eigenvalue weighted by atomic mass is 9.89. The molecule has 1 heteroatoms. The van der Waals surface area contributed by atoms with E-state index in [9.17, 15) is 0 Å². The molecule has 2 rings (SSSR count). The van der Waals surface area contributed by atoms with Gasteiger partial charge in [0.15, 0.2) is 0 Å². The first-order chi connectivity index (χ1) is 7.27. The van der Waals surface area contributed by atoms with Crippen LogP contribution in [-0.2, 0) is 0 Å². The zero-order chi connectivity index (χ0) is 10.7. The third-order valence-electron chi connectivity index (χ3n) is 4.86. The second kappa shape index (κ2) is 5.34. The van der Waals surface area contributed by atoms with Crippen molar-refractivity contribution in [3.05, 3.63) is 0 Å². The van der Waals surface area contributed by atoms with Gasteiger partial charge < -0.3 is 5.32 Å². The molecule has 2 aliphatic rings. The molecule has 0 aromatic heterocycles. The Morgan fingerprint density at radius 3 is 2.27 bits per heavy atom. The summed E-state index contributed by atoms with van der Waals surface area (Å²) in [6.45, 7) is 6.13. The maximum Gasteiger partial charge on any atom is 0.00954 e. The van der Waals surface area contributed by atoms with Gasteiger partial charge in [0, 0.05) is 6.04 Å². The molecule has 3 atom stereocenters. The Kier molecular flexibility index (Phi) is 4.07. The summed E-state index contributed by atoms with van der Waals surface area (Å²) in [5.41, 5.74) is 0. The molecule has 2 fully saturated rings. The third-order valence-corrected chi connectivity index (χ3v) is 4.86. The molecule has 1 N–H and O–H groups in total. The summed E-state index contributed by atoms with van der Waals surface area (Å²) in [4.78, 5) is 0. The van der Waals surface area contributed by atoms with Crippen LogP contribution in [0.1, 0.15) is 58.8 Å². The van der Waals surface area contributed by atoms with Crippen LogP contribution in [0.15, 0.2) is 0 Å². The van der Waals surface area contributed by atoms with E-state index in [-0.39, 0.29) is 0 Å². The first kappa shape index (κ1) is 11.4. The predicted molar refractivity (Wildman–Crippen MR) is 65.9 cm³/mol. The predicted octanol–water partition coefficient (Wildman–Crippen LogP) is 3.59. The van der Waals surface area contributed by atoms with Gasteiger partial charge in [0.1, 0.15) is 0 Å². The SMILES string of the molecule is CC1CCC(NCC2CCCCC2)C1C. The van der Waals surface area contributed by atoms with E-state index in [4.69, 9.17) is 0 Å². The van der Waals surface area contributed by atoms with E-state index in [0.29, 0.717) is 0 Å². The van der Waals surface area contributed by atoms with Crippen LogP contribution in [0, 0.1) is 17.8 Å². The molecule has 0 aromatic carbocycles. The number of nitrogens with one attached hydrogen (secondary N) is 1. The minimum atomic E-state index is 0.821. The Morgan fingerprint density at radius 1 is 0.933 bits per heavy atom. The Labute approximate surface area is 95.0 Å². The highest BCUT2D eigenvalue weighted by Gasteiger charge is 2.29. The molecule has 0 aliphatic heterocycles. The highest BCUT2D eigenvalue weighted by molar-refractivity contribution is 4.85. The van der Waals surface area contributed by atoms with Crippen LogP contribution in [0.25, 0.3) is 0 Å². The summed E-state index contributed by atoms with van der Waals surface area (Å²) in [5.74, 6) is 2.82. The Bertz CT molecular complexity index is 184. The van der Waals surface area contributed by atoms with Crippen molar-refractivity contribution in [2.45, 2.75) is 64.8 Å². The van der Waals surface area contributed by atoms with Gasteiger partial charge in [-0.15, -0.1) is 0 Å². The maximum absolute atomic E-state index is 3.83. The zero-order valence-electron chi connectivity index (χ0n) is 10.5. The van der Waals surface area contributed by atoms with Gasteiger partial charge >= 0.3 is 0 Å². The third kappa shape index (κ3) is 2.96. The zero-order valence-corrected chi connectivity index (χ0v) is 10.5. The van der Waals surface area contributed by atoms with E-state index in [1.807, 2.05) is 0 Å². The monoisotopic (exact) mass is 209 g/mol. The van der Waals surface area contributed by atoms with Crippen LogP contribution in [0.2, 0.25) is 0 Å². The fourth-order valence-corrected chi connectivity index (χ4v) is 3.36. The summed E-state index contributed by atoms with van der Waals surface area (Å²) in [7, 11) is 0. The lowest BCUT2D eigenvalue weighted by Gasteiger charge is -2.26. The van der Waals surface area contributed by atoms with Crippen LogP contribution >= 0.6 is 0 Å². The van der Waals surface area contributed by atoms with Crippen molar-refractivity contribution in [3.63, 3.8) is 0 Å². The van der Waals surface area contributed by atoms with Gasteiger partial charge in [-0.1, -0.05) is 33.1 Å². The second-order valence-corrected chi connectivity index (χ2v) is 5.93. The van der Waals surface area contributed by atoms with Crippen LogP contribution in [0.4, 0.5) is 0 Å². The lowest BCUT2D eigenvalue weighted by molar-refractivity contribution is 0.301. The lowest BCUT2D eigenvalue weighted by Crippen LogP contribution is -2.36. The molecule has 2 aliphatic carbocycles. The van der Waals surface area contributed by atoms with Crippen LogP contribution in [-0.4, -0.2) is 12.6 Å². The first-order valence-electron chi connectivity index (χ1n) is 7.00. The standard InChI is InChI=1S/C14H27N/c1-11-8-9-14(12(11)2)15-10-13-6-4-3-5-7-13/h11-15H,3-10H2,1-2H3. The van der Waals surface area contributed by atoms with E-state index in [1.54, 1.807) is 0 Å². The summed E-state index contributed by atoms with van der Waals surface area (Å²) >= 11 is 0. The van der Waals surface area contributed by atoms with Crippen molar-refractivity contribution in [3.8, 4) is 0 Å². The molecule has 88 valence electrons. The van der Waals surface area contributed by atoms with Crippen LogP contribution in [0.3, 0.4) is 0 Å². The van der Waals surface area contributed by atoms with Gasteiger partial charge in [0.2, 0.25) is 0 Å². The van der Waals surface area contributed by atoms with Crippen LogP contribution in [0.5, 0.6) is 0 Å². The highest BCUT2D eigenvalue weighted by atomic mass is 14.9. The summed E-state index contributed by atoms with van der Waals surface area (Å²) in [6.07, 6.45) is 10.2.